The molecule has 0 fully saturated rings. The lowest BCUT2D eigenvalue weighted by atomic mass is 10.1. The molecule has 0 amide bonds. The number of imidazole rings is 1. The summed E-state index contributed by atoms with van der Waals surface area (Å²) >= 11 is 0. The largest absolute Gasteiger partial charge is 0.292 e. The molecule has 0 radical (unpaired) electrons. The lowest BCUT2D eigenvalue weighted by Crippen LogP contribution is -2.08. The second-order valence-corrected chi connectivity index (χ2v) is 11.2. The summed E-state index contributed by atoms with van der Waals surface area (Å²) in [5, 5.41) is 2.30. The van der Waals surface area contributed by atoms with Crippen LogP contribution in [0.2, 0.25) is 0 Å². The van der Waals surface area contributed by atoms with Crippen molar-refractivity contribution >= 4 is 32.8 Å². The van der Waals surface area contributed by atoms with Crippen molar-refractivity contribution in [2.45, 2.75) is 0 Å². The van der Waals surface area contributed by atoms with Crippen LogP contribution in [0.15, 0.2) is 158 Å². The van der Waals surface area contributed by atoms with E-state index in [1.807, 2.05) is 60.7 Å². The number of aromatic nitrogens is 6. The average Bonchev–Trinajstić information content (AvgIpc) is 3.69. The van der Waals surface area contributed by atoms with E-state index in [0.717, 1.165) is 61.0 Å². The van der Waals surface area contributed by atoms with Crippen LogP contribution < -0.4 is 0 Å². The van der Waals surface area contributed by atoms with Crippen molar-refractivity contribution in [3.8, 4) is 45.8 Å². The SMILES string of the molecule is c1ccc(-c2nc(-c3ccccc3-n3c(-c4ccccc4)nc4ccccc43)nc(-n3c4ccccc4c4ccccc43)n2)cc1. The molecular formula is C40H26N6. The molecule has 0 aliphatic rings. The van der Waals surface area contributed by atoms with Gasteiger partial charge in [-0.05, 0) is 36.4 Å². The minimum absolute atomic E-state index is 0.565. The van der Waals surface area contributed by atoms with Gasteiger partial charge in [0.15, 0.2) is 11.6 Å². The third kappa shape index (κ3) is 4.19. The third-order valence-electron chi connectivity index (χ3n) is 8.41. The first-order valence-electron chi connectivity index (χ1n) is 15.3. The Morgan fingerprint density at radius 3 is 1.63 bits per heavy atom. The van der Waals surface area contributed by atoms with Gasteiger partial charge in [-0.25, -0.2) is 9.97 Å². The molecule has 0 N–H and O–H groups in total. The van der Waals surface area contributed by atoms with E-state index < -0.39 is 0 Å². The van der Waals surface area contributed by atoms with E-state index in [1.165, 1.54) is 0 Å². The number of hydrogen-bond acceptors (Lipinski definition) is 4. The summed E-state index contributed by atoms with van der Waals surface area (Å²) in [5.41, 5.74) is 7.78. The maximum atomic E-state index is 5.23. The van der Waals surface area contributed by atoms with Gasteiger partial charge in [0.25, 0.3) is 0 Å². The van der Waals surface area contributed by atoms with Crippen molar-refractivity contribution in [3.05, 3.63) is 158 Å². The smallest absolute Gasteiger partial charge is 0.238 e. The van der Waals surface area contributed by atoms with Crippen LogP contribution in [0, 0.1) is 0 Å². The number of fused-ring (bicyclic) bond motifs is 4. The maximum absolute atomic E-state index is 5.23. The molecule has 3 aromatic heterocycles. The predicted octanol–water partition coefficient (Wildman–Crippen LogP) is 9.31. The van der Waals surface area contributed by atoms with Gasteiger partial charge in [0.2, 0.25) is 5.95 Å². The topological polar surface area (TPSA) is 61.4 Å². The van der Waals surface area contributed by atoms with E-state index in [9.17, 15) is 0 Å². The van der Waals surface area contributed by atoms with Gasteiger partial charge in [0.05, 0.1) is 27.8 Å². The molecule has 9 rings (SSSR count). The lowest BCUT2D eigenvalue weighted by Gasteiger charge is -2.15. The van der Waals surface area contributed by atoms with Gasteiger partial charge >= 0.3 is 0 Å². The molecule has 0 aliphatic carbocycles. The Morgan fingerprint density at radius 2 is 0.913 bits per heavy atom. The Hall–Kier alpha value is -6.40. The van der Waals surface area contributed by atoms with Crippen molar-refractivity contribution in [3.63, 3.8) is 0 Å². The van der Waals surface area contributed by atoms with Crippen LogP contribution in [0.1, 0.15) is 0 Å². The van der Waals surface area contributed by atoms with E-state index in [0.29, 0.717) is 17.6 Å². The highest BCUT2D eigenvalue weighted by Gasteiger charge is 2.21. The maximum Gasteiger partial charge on any atom is 0.238 e. The van der Waals surface area contributed by atoms with Crippen molar-refractivity contribution in [1.29, 1.82) is 0 Å². The molecule has 9 aromatic rings. The van der Waals surface area contributed by atoms with Crippen LogP contribution in [0.4, 0.5) is 0 Å². The van der Waals surface area contributed by atoms with Crippen molar-refractivity contribution in [2.75, 3.05) is 0 Å². The summed E-state index contributed by atoms with van der Waals surface area (Å²) in [7, 11) is 0. The molecule has 216 valence electrons. The Bertz CT molecular complexity index is 2480. The number of para-hydroxylation sites is 5. The third-order valence-corrected chi connectivity index (χ3v) is 8.41. The van der Waals surface area contributed by atoms with Gasteiger partial charge in [0.1, 0.15) is 5.82 Å². The summed E-state index contributed by atoms with van der Waals surface area (Å²) < 4.78 is 4.36. The molecule has 46 heavy (non-hydrogen) atoms. The zero-order valence-electron chi connectivity index (χ0n) is 24.7. The van der Waals surface area contributed by atoms with Gasteiger partial charge in [-0.3, -0.25) is 9.13 Å². The minimum Gasteiger partial charge on any atom is -0.292 e. The van der Waals surface area contributed by atoms with Gasteiger partial charge in [-0.2, -0.15) is 9.97 Å². The zero-order chi connectivity index (χ0) is 30.5. The first-order chi connectivity index (χ1) is 22.8. The molecule has 6 nitrogen and oxygen atoms in total. The number of nitrogens with zero attached hydrogens (tertiary/aromatic N) is 6. The molecule has 0 bridgehead atoms. The monoisotopic (exact) mass is 590 g/mol. The minimum atomic E-state index is 0.565. The van der Waals surface area contributed by atoms with Gasteiger partial charge in [-0.15, -0.1) is 0 Å². The lowest BCUT2D eigenvalue weighted by molar-refractivity contribution is 0.951. The van der Waals surface area contributed by atoms with E-state index in [2.05, 4.69) is 106 Å². The molecule has 6 heteroatoms. The van der Waals surface area contributed by atoms with Crippen LogP contribution >= 0.6 is 0 Å². The van der Waals surface area contributed by atoms with Crippen LogP contribution in [-0.4, -0.2) is 29.1 Å². The second kappa shape index (κ2) is 10.6. The summed E-state index contributed by atoms with van der Waals surface area (Å²) in [6.45, 7) is 0. The summed E-state index contributed by atoms with van der Waals surface area (Å²) in [6.07, 6.45) is 0. The molecule has 6 aromatic carbocycles. The Balaban J connectivity index is 1.35. The molecule has 3 heterocycles. The van der Waals surface area contributed by atoms with Gasteiger partial charge < -0.3 is 0 Å². The summed E-state index contributed by atoms with van der Waals surface area (Å²) in [4.78, 5) is 20.6. The zero-order valence-corrected chi connectivity index (χ0v) is 24.7. The predicted molar refractivity (Wildman–Crippen MR) is 185 cm³/mol. The van der Waals surface area contributed by atoms with Crippen LogP contribution in [0.25, 0.3) is 78.6 Å². The highest BCUT2D eigenvalue weighted by atomic mass is 15.2. The van der Waals surface area contributed by atoms with Crippen LogP contribution in [-0.2, 0) is 0 Å². The summed E-state index contributed by atoms with van der Waals surface area (Å²) in [5.74, 6) is 2.61. The fourth-order valence-electron chi connectivity index (χ4n) is 6.35. The van der Waals surface area contributed by atoms with E-state index >= 15 is 0 Å². The molecule has 0 spiro atoms. The highest BCUT2D eigenvalue weighted by Crippen LogP contribution is 2.35. The fraction of sp³-hybridized carbons (Fsp3) is 0. The fourth-order valence-corrected chi connectivity index (χ4v) is 6.35. The normalized spacial score (nSPS) is 11.5. The van der Waals surface area contributed by atoms with Crippen LogP contribution in [0.5, 0.6) is 0 Å². The van der Waals surface area contributed by atoms with E-state index in [-0.39, 0.29) is 0 Å². The first kappa shape index (κ1) is 26.0. The quantitative estimate of drug-likeness (QED) is 0.200. The summed E-state index contributed by atoms with van der Waals surface area (Å²) in [6, 6.07) is 53.7. The second-order valence-electron chi connectivity index (χ2n) is 11.2. The molecular weight excluding hydrogens is 564 g/mol. The Morgan fingerprint density at radius 1 is 0.370 bits per heavy atom. The molecule has 0 saturated heterocycles. The Kier molecular flexibility index (Phi) is 6.03. The Labute approximate surface area is 264 Å². The van der Waals surface area contributed by atoms with Gasteiger partial charge in [-0.1, -0.05) is 121 Å². The molecule has 0 unspecified atom stereocenters. The average molecular weight is 591 g/mol. The molecule has 0 saturated carbocycles. The number of hydrogen-bond donors (Lipinski definition) is 0. The van der Waals surface area contributed by atoms with E-state index in [1.54, 1.807) is 0 Å². The standard InChI is InChI=1S/C40H26N6/c1-3-15-27(16-4-1)37-42-38(44-40(43-37)46-33-23-11-7-19-29(33)30-20-8-12-24-34(30)46)31-21-9-13-25-35(31)45-36-26-14-10-22-32(36)41-39(45)28-17-5-2-6-18-28/h1-26H. The number of benzene rings is 6. The van der Waals surface area contributed by atoms with E-state index in [4.69, 9.17) is 19.9 Å². The van der Waals surface area contributed by atoms with Crippen LogP contribution in [0.3, 0.4) is 0 Å². The van der Waals surface area contributed by atoms with Crippen molar-refractivity contribution in [1.82, 2.24) is 29.1 Å². The first-order valence-corrected chi connectivity index (χ1v) is 15.3. The van der Waals surface area contributed by atoms with Crippen molar-refractivity contribution < 1.29 is 0 Å². The van der Waals surface area contributed by atoms with Gasteiger partial charge in [0, 0.05) is 27.5 Å². The molecule has 0 atom stereocenters. The van der Waals surface area contributed by atoms with Crippen molar-refractivity contribution in [2.24, 2.45) is 0 Å². The highest BCUT2D eigenvalue weighted by molar-refractivity contribution is 6.09. The molecule has 0 aliphatic heterocycles. The number of rotatable bonds is 5.